The molecule has 3 fully saturated rings. The van der Waals surface area contributed by atoms with Crippen LogP contribution in [0.25, 0.3) is 0 Å². The number of morpholine rings is 3. The smallest absolute Gasteiger partial charge is 0.379 e. The molecular weight excluding hydrogens is 401 g/mol. The number of phosphoric acid groups is 1. The minimum Gasteiger partial charge on any atom is -0.379 e. The third-order valence-electron chi connectivity index (χ3n) is 5.28. The molecule has 0 aromatic carbocycles. The molecule has 0 atom stereocenters. The lowest BCUT2D eigenvalue weighted by Gasteiger charge is -2.29. The van der Waals surface area contributed by atoms with Crippen molar-refractivity contribution in [2.75, 3.05) is 118 Å². The maximum absolute atomic E-state index is 13.1. The van der Waals surface area contributed by atoms with E-state index in [-0.39, 0.29) is 0 Å². The van der Waals surface area contributed by atoms with E-state index in [0.717, 1.165) is 78.9 Å². The van der Waals surface area contributed by atoms with Gasteiger partial charge in [-0.25, -0.2) is 4.57 Å². The summed E-state index contributed by atoms with van der Waals surface area (Å²) >= 11 is 0. The summed E-state index contributed by atoms with van der Waals surface area (Å²) in [6.45, 7) is 12.5. The van der Waals surface area contributed by atoms with Crippen molar-refractivity contribution in [1.29, 1.82) is 0 Å². The minimum atomic E-state index is -3.60. The molecule has 3 rings (SSSR count). The predicted octanol–water partition coefficient (Wildman–Crippen LogP) is 0.141. The zero-order valence-corrected chi connectivity index (χ0v) is 18.3. The number of nitrogens with zero attached hydrogens (tertiary/aromatic N) is 3. The van der Waals surface area contributed by atoms with E-state index in [9.17, 15) is 4.57 Å². The second kappa shape index (κ2) is 13.3. The summed E-state index contributed by atoms with van der Waals surface area (Å²) < 4.78 is 46.2. The summed E-state index contributed by atoms with van der Waals surface area (Å²) in [5.74, 6) is 0. The Hall–Kier alpha value is -0.130. The van der Waals surface area contributed by atoms with Crippen LogP contribution in [0.2, 0.25) is 0 Å². The monoisotopic (exact) mass is 437 g/mol. The average molecular weight is 437 g/mol. The molecule has 3 aliphatic heterocycles. The van der Waals surface area contributed by atoms with Crippen molar-refractivity contribution < 1.29 is 32.3 Å². The van der Waals surface area contributed by atoms with Gasteiger partial charge < -0.3 is 14.2 Å². The van der Waals surface area contributed by atoms with Gasteiger partial charge in [-0.1, -0.05) is 0 Å². The Morgan fingerprint density at radius 1 is 0.552 bits per heavy atom. The number of rotatable bonds is 12. The summed E-state index contributed by atoms with van der Waals surface area (Å²) in [7, 11) is -3.60. The van der Waals surface area contributed by atoms with Crippen molar-refractivity contribution in [1.82, 2.24) is 14.7 Å². The van der Waals surface area contributed by atoms with Crippen molar-refractivity contribution in [2.24, 2.45) is 0 Å². The first-order chi connectivity index (χ1) is 14.2. The van der Waals surface area contributed by atoms with Crippen LogP contribution < -0.4 is 0 Å². The molecule has 0 saturated carbocycles. The normalized spacial score (nSPS) is 23.4. The van der Waals surface area contributed by atoms with Crippen LogP contribution in [0.15, 0.2) is 0 Å². The van der Waals surface area contributed by atoms with Crippen molar-refractivity contribution in [3.63, 3.8) is 0 Å². The Labute approximate surface area is 173 Å². The fourth-order valence-corrected chi connectivity index (χ4v) is 4.57. The quantitative estimate of drug-likeness (QED) is 0.393. The summed E-state index contributed by atoms with van der Waals surface area (Å²) in [6.07, 6.45) is 0. The van der Waals surface area contributed by atoms with Gasteiger partial charge in [0.25, 0.3) is 0 Å². The van der Waals surface area contributed by atoms with Crippen LogP contribution >= 0.6 is 7.82 Å². The predicted molar refractivity (Wildman–Crippen MR) is 107 cm³/mol. The number of hydrogen-bond donors (Lipinski definition) is 0. The summed E-state index contributed by atoms with van der Waals surface area (Å²) in [6, 6.07) is 0. The Morgan fingerprint density at radius 2 is 0.828 bits per heavy atom. The van der Waals surface area contributed by atoms with Gasteiger partial charge in [0.05, 0.1) is 59.5 Å². The molecule has 0 amide bonds. The largest absolute Gasteiger partial charge is 0.474 e. The highest BCUT2D eigenvalue weighted by Crippen LogP contribution is 2.49. The summed E-state index contributed by atoms with van der Waals surface area (Å²) in [4.78, 5) is 6.69. The molecule has 3 heterocycles. The lowest BCUT2D eigenvalue weighted by Crippen LogP contribution is -2.39. The van der Waals surface area contributed by atoms with Crippen molar-refractivity contribution in [3.8, 4) is 0 Å². The molecule has 0 radical (unpaired) electrons. The molecule has 29 heavy (non-hydrogen) atoms. The van der Waals surface area contributed by atoms with Crippen LogP contribution in [-0.4, -0.2) is 133 Å². The Balaban J connectivity index is 1.40. The number of ether oxygens (including phenoxy) is 3. The highest BCUT2D eigenvalue weighted by atomic mass is 31.2. The molecule has 0 bridgehead atoms. The average Bonchev–Trinajstić information content (AvgIpc) is 2.76. The zero-order valence-electron chi connectivity index (χ0n) is 17.4. The molecule has 3 aliphatic rings. The Kier molecular flexibility index (Phi) is 10.8. The highest BCUT2D eigenvalue weighted by molar-refractivity contribution is 7.48. The zero-order chi connectivity index (χ0) is 20.2. The van der Waals surface area contributed by atoms with E-state index in [1.807, 2.05) is 0 Å². The van der Waals surface area contributed by atoms with E-state index in [1.165, 1.54) is 0 Å². The second-order valence-electron chi connectivity index (χ2n) is 7.31. The van der Waals surface area contributed by atoms with Crippen LogP contribution in [-0.2, 0) is 32.3 Å². The van der Waals surface area contributed by atoms with Crippen LogP contribution in [0.5, 0.6) is 0 Å². The van der Waals surface area contributed by atoms with Crippen molar-refractivity contribution in [3.05, 3.63) is 0 Å². The molecular formula is C18H36N3O7P. The molecule has 0 spiro atoms. The third-order valence-corrected chi connectivity index (χ3v) is 6.78. The van der Waals surface area contributed by atoms with E-state index < -0.39 is 7.82 Å². The molecule has 0 unspecified atom stereocenters. The molecule has 0 aromatic heterocycles. The molecule has 11 heteroatoms. The van der Waals surface area contributed by atoms with Gasteiger partial charge in [-0.05, 0) is 0 Å². The van der Waals surface area contributed by atoms with E-state index in [4.69, 9.17) is 27.8 Å². The van der Waals surface area contributed by atoms with E-state index >= 15 is 0 Å². The fraction of sp³-hybridized carbons (Fsp3) is 1.00. The van der Waals surface area contributed by atoms with Crippen LogP contribution in [0.1, 0.15) is 0 Å². The van der Waals surface area contributed by atoms with Crippen molar-refractivity contribution in [2.45, 2.75) is 0 Å². The Morgan fingerprint density at radius 3 is 1.10 bits per heavy atom. The van der Waals surface area contributed by atoms with Gasteiger partial charge in [0.2, 0.25) is 0 Å². The molecule has 3 saturated heterocycles. The number of phosphoric ester groups is 1. The van der Waals surface area contributed by atoms with Gasteiger partial charge in [-0.15, -0.1) is 0 Å². The van der Waals surface area contributed by atoms with Gasteiger partial charge >= 0.3 is 7.82 Å². The summed E-state index contributed by atoms with van der Waals surface area (Å²) in [5, 5.41) is 0. The lowest BCUT2D eigenvalue weighted by atomic mass is 10.4. The first-order valence-corrected chi connectivity index (χ1v) is 12.1. The standard InChI is InChI=1S/C18H36N3O7P/c22-29(26-16-7-19-1-10-23-11-2-19,27-17-8-20-3-12-24-13-4-20)28-18-9-21-5-14-25-15-6-21/h1-18H2. The lowest BCUT2D eigenvalue weighted by molar-refractivity contribution is 0.0158. The number of hydrogen-bond acceptors (Lipinski definition) is 10. The SMILES string of the molecule is O=P(OCCN1CCOCC1)(OCCN1CCOCC1)OCCN1CCOCC1. The first-order valence-electron chi connectivity index (χ1n) is 10.7. The van der Waals surface area contributed by atoms with Gasteiger partial charge in [-0.2, -0.15) is 0 Å². The van der Waals surface area contributed by atoms with Crippen LogP contribution in [0.3, 0.4) is 0 Å². The molecule has 170 valence electrons. The molecule has 10 nitrogen and oxygen atoms in total. The maximum Gasteiger partial charge on any atom is 0.474 e. The second-order valence-corrected chi connectivity index (χ2v) is 8.98. The molecule has 0 aromatic rings. The van der Waals surface area contributed by atoms with Crippen molar-refractivity contribution >= 4 is 7.82 Å². The fourth-order valence-electron chi connectivity index (χ4n) is 3.43. The van der Waals surface area contributed by atoms with Gasteiger partial charge in [0.15, 0.2) is 0 Å². The first kappa shape index (κ1) is 23.5. The topological polar surface area (TPSA) is 82.2 Å². The molecule has 0 N–H and O–H groups in total. The third kappa shape index (κ3) is 9.26. The highest BCUT2D eigenvalue weighted by Gasteiger charge is 2.28. The minimum absolute atomic E-state index is 0.312. The Bertz CT molecular complexity index is 418. The van der Waals surface area contributed by atoms with Gasteiger partial charge in [0, 0.05) is 58.9 Å². The summed E-state index contributed by atoms with van der Waals surface area (Å²) in [5.41, 5.74) is 0. The van der Waals surface area contributed by atoms with Crippen LogP contribution in [0, 0.1) is 0 Å². The maximum atomic E-state index is 13.1. The van der Waals surface area contributed by atoms with E-state index in [0.29, 0.717) is 39.5 Å². The van der Waals surface area contributed by atoms with Gasteiger partial charge in [0.1, 0.15) is 0 Å². The van der Waals surface area contributed by atoms with Gasteiger partial charge in [-0.3, -0.25) is 28.3 Å². The van der Waals surface area contributed by atoms with E-state index in [1.54, 1.807) is 0 Å². The molecule has 0 aliphatic carbocycles. The van der Waals surface area contributed by atoms with E-state index in [2.05, 4.69) is 14.7 Å². The van der Waals surface area contributed by atoms with Crippen LogP contribution in [0.4, 0.5) is 0 Å².